The van der Waals surface area contributed by atoms with Crippen molar-refractivity contribution in [3.63, 3.8) is 0 Å². The van der Waals surface area contributed by atoms with Gasteiger partial charge in [-0.15, -0.1) is 0 Å². The Balaban J connectivity index is 4.01. The standard InChI is InChI=1S/C21H44/c1-9-10-12-18(6)13-11-14-19(7)20(8)15-21(16(2)3)17(4)5/h16-21H,9-15H2,1-8H3. The minimum Gasteiger partial charge on any atom is -0.0654 e. The maximum absolute atomic E-state index is 2.49. The van der Waals surface area contributed by atoms with Crippen molar-refractivity contribution in [3.8, 4) is 0 Å². The third-order valence-electron chi connectivity index (χ3n) is 5.73. The fraction of sp³-hybridized carbons (Fsp3) is 1.00. The lowest BCUT2D eigenvalue weighted by Gasteiger charge is -2.30. The van der Waals surface area contributed by atoms with Crippen LogP contribution in [0.5, 0.6) is 0 Å². The summed E-state index contributed by atoms with van der Waals surface area (Å²) in [6.07, 6.45) is 9.92. The zero-order valence-corrected chi connectivity index (χ0v) is 16.4. The second-order valence-corrected chi connectivity index (χ2v) is 8.52. The Morgan fingerprint density at radius 3 is 1.62 bits per heavy atom. The molecule has 0 N–H and O–H groups in total. The van der Waals surface area contributed by atoms with E-state index < -0.39 is 0 Å². The minimum absolute atomic E-state index is 0.828. The normalized spacial score (nSPS) is 16.7. The molecule has 0 rings (SSSR count). The average Bonchev–Trinajstić information content (AvgIpc) is 2.41. The lowest BCUT2D eigenvalue weighted by atomic mass is 9.75. The van der Waals surface area contributed by atoms with Crippen molar-refractivity contribution in [2.24, 2.45) is 35.5 Å². The topological polar surface area (TPSA) is 0 Å². The van der Waals surface area contributed by atoms with Gasteiger partial charge < -0.3 is 0 Å². The monoisotopic (exact) mass is 296 g/mol. The van der Waals surface area contributed by atoms with E-state index in [0.717, 1.165) is 35.5 Å². The Bertz CT molecular complexity index is 220. The molecule has 0 amide bonds. The number of unbranched alkanes of at least 4 members (excludes halogenated alkanes) is 1. The van der Waals surface area contributed by atoms with E-state index in [1.54, 1.807) is 0 Å². The summed E-state index contributed by atoms with van der Waals surface area (Å²) in [4.78, 5) is 0. The van der Waals surface area contributed by atoms with Crippen molar-refractivity contribution in [2.45, 2.75) is 100 Å². The Morgan fingerprint density at radius 2 is 1.14 bits per heavy atom. The van der Waals surface area contributed by atoms with E-state index in [-0.39, 0.29) is 0 Å². The minimum atomic E-state index is 0.828. The molecule has 0 saturated carbocycles. The summed E-state index contributed by atoms with van der Waals surface area (Å²) in [5.41, 5.74) is 0. The lowest BCUT2D eigenvalue weighted by molar-refractivity contribution is 0.197. The summed E-state index contributed by atoms with van der Waals surface area (Å²) in [6.45, 7) is 19.3. The fourth-order valence-electron chi connectivity index (χ4n) is 3.75. The van der Waals surface area contributed by atoms with Gasteiger partial charge in [0.2, 0.25) is 0 Å². The zero-order chi connectivity index (χ0) is 16.4. The molecule has 0 aromatic carbocycles. The highest BCUT2D eigenvalue weighted by atomic mass is 14.3. The molecule has 3 atom stereocenters. The first-order valence-electron chi connectivity index (χ1n) is 9.79. The smallest absolute Gasteiger partial charge is 0.0365 e. The summed E-state index contributed by atoms with van der Waals surface area (Å²) < 4.78 is 0. The largest absolute Gasteiger partial charge is 0.0654 e. The van der Waals surface area contributed by atoms with Gasteiger partial charge >= 0.3 is 0 Å². The SMILES string of the molecule is CCCCC(C)CCCC(C)C(C)CC(C(C)C)C(C)C. The van der Waals surface area contributed by atoms with Crippen molar-refractivity contribution in [2.75, 3.05) is 0 Å². The Morgan fingerprint density at radius 1 is 0.619 bits per heavy atom. The quantitative estimate of drug-likeness (QED) is 0.348. The first-order valence-corrected chi connectivity index (χ1v) is 9.79. The lowest BCUT2D eigenvalue weighted by Crippen LogP contribution is -2.21. The van der Waals surface area contributed by atoms with Crippen LogP contribution in [-0.2, 0) is 0 Å². The van der Waals surface area contributed by atoms with Crippen LogP contribution in [0.3, 0.4) is 0 Å². The van der Waals surface area contributed by atoms with E-state index in [2.05, 4.69) is 55.4 Å². The molecular weight excluding hydrogens is 252 g/mol. The molecule has 21 heavy (non-hydrogen) atoms. The highest BCUT2D eigenvalue weighted by Crippen LogP contribution is 2.32. The van der Waals surface area contributed by atoms with Gasteiger partial charge in [0.15, 0.2) is 0 Å². The number of hydrogen-bond donors (Lipinski definition) is 0. The molecule has 0 nitrogen and oxygen atoms in total. The van der Waals surface area contributed by atoms with Crippen LogP contribution in [0.15, 0.2) is 0 Å². The molecule has 0 aromatic rings. The fourth-order valence-corrected chi connectivity index (χ4v) is 3.75. The van der Waals surface area contributed by atoms with Gasteiger partial charge in [-0.3, -0.25) is 0 Å². The molecule has 3 unspecified atom stereocenters. The van der Waals surface area contributed by atoms with Crippen molar-refractivity contribution in [1.29, 1.82) is 0 Å². The van der Waals surface area contributed by atoms with Crippen LogP contribution in [0.1, 0.15) is 100 Å². The highest BCUT2D eigenvalue weighted by Gasteiger charge is 2.22. The molecule has 0 bridgehead atoms. The van der Waals surface area contributed by atoms with Crippen molar-refractivity contribution in [3.05, 3.63) is 0 Å². The maximum Gasteiger partial charge on any atom is -0.0365 e. The van der Waals surface area contributed by atoms with E-state index in [0.29, 0.717) is 0 Å². The molecule has 0 heteroatoms. The summed E-state index contributed by atoms with van der Waals surface area (Å²) >= 11 is 0. The van der Waals surface area contributed by atoms with Crippen LogP contribution in [0.25, 0.3) is 0 Å². The molecular formula is C21H44. The molecule has 0 aliphatic rings. The highest BCUT2D eigenvalue weighted by molar-refractivity contribution is 4.73. The van der Waals surface area contributed by atoms with Crippen LogP contribution >= 0.6 is 0 Å². The molecule has 0 saturated heterocycles. The second-order valence-electron chi connectivity index (χ2n) is 8.52. The summed E-state index contributed by atoms with van der Waals surface area (Å²) in [6, 6.07) is 0. The van der Waals surface area contributed by atoms with Crippen LogP contribution in [0.2, 0.25) is 0 Å². The molecule has 0 spiro atoms. The average molecular weight is 297 g/mol. The molecule has 0 radical (unpaired) electrons. The van der Waals surface area contributed by atoms with Crippen molar-refractivity contribution < 1.29 is 0 Å². The predicted octanol–water partition coefficient (Wildman–Crippen LogP) is 7.57. The molecule has 128 valence electrons. The van der Waals surface area contributed by atoms with Crippen molar-refractivity contribution >= 4 is 0 Å². The summed E-state index contributed by atoms with van der Waals surface area (Å²) in [5.74, 6) is 5.26. The number of hydrogen-bond acceptors (Lipinski definition) is 0. The maximum atomic E-state index is 2.49. The van der Waals surface area contributed by atoms with E-state index in [4.69, 9.17) is 0 Å². The van der Waals surface area contributed by atoms with E-state index in [1.807, 2.05) is 0 Å². The number of rotatable bonds is 12. The van der Waals surface area contributed by atoms with Crippen LogP contribution in [0.4, 0.5) is 0 Å². The molecule has 0 aromatic heterocycles. The van der Waals surface area contributed by atoms with Gasteiger partial charge in [-0.2, -0.15) is 0 Å². The molecule has 0 heterocycles. The van der Waals surface area contributed by atoms with Gasteiger partial charge in [-0.1, -0.05) is 93.9 Å². The Kier molecular flexibility index (Phi) is 11.6. The van der Waals surface area contributed by atoms with E-state index >= 15 is 0 Å². The van der Waals surface area contributed by atoms with Gasteiger partial charge in [0.1, 0.15) is 0 Å². The van der Waals surface area contributed by atoms with Crippen LogP contribution < -0.4 is 0 Å². The van der Waals surface area contributed by atoms with Gasteiger partial charge in [0.25, 0.3) is 0 Å². The van der Waals surface area contributed by atoms with Crippen molar-refractivity contribution in [1.82, 2.24) is 0 Å². The van der Waals surface area contributed by atoms with Gasteiger partial charge in [0.05, 0.1) is 0 Å². The molecule has 0 aliphatic carbocycles. The molecule has 0 aliphatic heterocycles. The first kappa shape index (κ1) is 21.0. The van der Waals surface area contributed by atoms with E-state index in [1.165, 1.54) is 44.9 Å². The molecule has 0 fully saturated rings. The Labute approximate surface area is 136 Å². The predicted molar refractivity (Wildman–Crippen MR) is 98.7 cm³/mol. The third-order valence-corrected chi connectivity index (χ3v) is 5.73. The first-order chi connectivity index (χ1) is 9.79. The summed E-state index contributed by atoms with van der Waals surface area (Å²) in [5, 5.41) is 0. The Hall–Kier alpha value is 0. The van der Waals surface area contributed by atoms with Crippen LogP contribution in [0, 0.1) is 35.5 Å². The third kappa shape index (κ3) is 9.59. The van der Waals surface area contributed by atoms with Gasteiger partial charge in [-0.05, 0) is 41.9 Å². The van der Waals surface area contributed by atoms with Gasteiger partial charge in [-0.25, -0.2) is 0 Å². The van der Waals surface area contributed by atoms with Crippen LogP contribution in [-0.4, -0.2) is 0 Å². The summed E-state index contributed by atoms with van der Waals surface area (Å²) in [7, 11) is 0. The zero-order valence-electron chi connectivity index (χ0n) is 16.4. The van der Waals surface area contributed by atoms with Gasteiger partial charge in [0, 0.05) is 0 Å². The second kappa shape index (κ2) is 11.6. The van der Waals surface area contributed by atoms with E-state index in [9.17, 15) is 0 Å².